The molecule has 0 aromatic heterocycles. The van der Waals surface area contributed by atoms with Crippen molar-refractivity contribution >= 4 is 0 Å². The molecule has 2 rings (SSSR count). The summed E-state index contributed by atoms with van der Waals surface area (Å²) in [6.07, 6.45) is 0. The van der Waals surface area contributed by atoms with E-state index in [-0.39, 0.29) is 5.82 Å². The highest BCUT2D eigenvalue weighted by Crippen LogP contribution is 2.34. The molecule has 0 heterocycles. The maximum absolute atomic E-state index is 13.0. The normalized spacial score (nSPS) is 13.7. The second-order valence-electron chi connectivity index (χ2n) is 4.68. The number of hydrogen-bond acceptors (Lipinski definition) is 3. The van der Waals surface area contributed by atoms with Gasteiger partial charge >= 0.3 is 0 Å². The number of hydrogen-bond donors (Lipinski definition) is 1. The van der Waals surface area contributed by atoms with Gasteiger partial charge in [0.2, 0.25) is 0 Å². The van der Waals surface area contributed by atoms with Gasteiger partial charge in [-0.25, -0.2) is 4.39 Å². The predicted octanol–water partition coefficient (Wildman–Crippen LogP) is 3.10. The van der Waals surface area contributed by atoms with Crippen molar-refractivity contribution in [3.63, 3.8) is 0 Å². The first-order valence-corrected chi connectivity index (χ1v) is 6.19. The quantitative estimate of drug-likeness (QED) is 0.932. The lowest BCUT2D eigenvalue weighted by molar-refractivity contribution is 0.102. The Labute approximate surface area is 117 Å². The van der Waals surface area contributed by atoms with Crippen LogP contribution in [0.3, 0.4) is 0 Å². The van der Waals surface area contributed by atoms with Crippen molar-refractivity contribution in [2.24, 2.45) is 0 Å². The van der Waals surface area contributed by atoms with E-state index < -0.39 is 5.60 Å². The maximum Gasteiger partial charge on any atom is 0.123 e. The Morgan fingerprint density at radius 1 is 0.900 bits per heavy atom. The van der Waals surface area contributed by atoms with E-state index in [1.54, 1.807) is 51.5 Å². The predicted molar refractivity (Wildman–Crippen MR) is 74.6 cm³/mol. The van der Waals surface area contributed by atoms with Gasteiger partial charge in [0.05, 0.1) is 14.2 Å². The monoisotopic (exact) mass is 276 g/mol. The molecule has 1 N–H and O–H groups in total. The van der Waals surface area contributed by atoms with Crippen molar-refractivity contribution in [3.05, 3.63) is 59.4 Å². The number of aliphatic hydroxyl groups is 1. The molecule has 0 saturated heterocycles. The van der Waals surface area contributed by atoms with Crippen LogP contribution in [0.1, 0.15) is 18.1 Å². The largest absolute Gasteiger partial charge is 0.497 e. The molecule has 0 spiro atoms. The lowest BCUT2D eigenvalue weighted by atomic mass is 9.88. The lowest BCUT2D eigenvalue weighted by Crippen LogP contribution is -2.22. The minimum atomic E-state index is -1.27. The van der Waals surface area contributed by atoms with Crippen LogP contribution in [0, 0.1) is 5.82 Å². The third-order valence-electron chi connectivity index (χ3n) is 3.32. The molecule has 2 aromatic rings. The molecule has 0 bridgehead atoms. The van der Waals surface area contributed by atoms with Gasteiger partial charge in [-0.15, -0.1) is 0 Å². The summed E-state index contributed by atoms with van der Waals surface area (Å²) in [5.74, 6) is 0.830. The van der Waals surface area contributed by atoms with Crippen LogP contribution in [0.15, 0.2) is 42.5 Å². The zero-order valence-electron chi connectivity index (χ0n) is 11.7. The molecule has 1 atom stereocenters. The Balaban J connectivity index is 2.49. The fourth-order valence-corrected chi connectivity index (χ4v) is 2.03. The minimum Gasteiger partial charge on any atom is -0.497 e. The molecule has 0 fully saturated rings. The molecular weight excluding hydrogens is 259 g/mol. The van der Waals surface area contributed by atoms with Crippen molar-refractivity contribution in [2.45, 2.75) is 12.5 Å². The molecular formula is C16H17FO3. The molecule has 3 nitrogen and oxygen atoms in total. The van der Waals surface area contributed by atoms with E-state index in [0.29, 0.717) is 22.6 Å². The highest BCUT2D eigenvalue weighted by atomic mass is 19.1. The van der Waals surface area contributed by atoms with Crippen molar-refractivity contribution < 1.29 is 19.0 Å². The topological polar surface area (TPSA) is 38.7 Å². The molecule has 2 aromatic carbocycles. The highest BCUT2D eigenvalue weighted by molar-refractivity contribution is 5.44. The van der Waals surface area contributed by atoms with Crippen LogP contribution in [0.4, 0.5) is 4.39 Å². The van der Waals surface area contributed by atoms with E-state index in [9.17, 15) is 9.50 Å². The van der Waals surface area contributed by atoms with E-state index in [2.05, 4.69) is 0 Å². The Hall–Kier alpha value is -2.07. The summed E-state index contributed by atoms with van der Waals surface area (Å²) in [6, 6.07) is 10.9. The number of methoxy groups -OCH3 is 2. The van der Waals surface area contributed by atoms with Crippen molar-refractivity contribution in [1.82, 2.24) is 0 Å². The molecule has 20 heavy (non-hydrogen) atoms. The van der Waals surface area contributed by atoms with E-state index in [1.165, 1.54) is 12.1 Å². The summed E-state index contributed by atoms with van der Waals surface area (Å²) in [6.45, 7) is 1.65. The minimum absolute atomic E-state index is 0.340. The van der Waals surface area contributed by atoms with Crippen LogP contribution in [0.5, 0.6) is 11.5 Å². The first-order valence-electron chi connectivity index (χ1n) is 6.19. The second kappa shape index (κ2) is 5.51. The Bertz CT molecular complexity index is 569. The Kier molecular flexibility index (Phi) is 3.95. The number of benzene rings is 2. The first-order chi connectivity index (χ1) is 9.47. The van der Waals surface area contributed by atoms with E-state index >= 15 is 0 Å². The summed E-state index contributed by atoms with van der Waals surface area (Å²) in [5.41, 5.74) is -0.0651. The molecule has 0 amide bonds. The SMILES string of the molecule is COc1cc(OC)cc(C(C)(O)c2ccc(F)cc2)c1. The van der Waals surface area contributed by atoms with Gasteiger partial charge in [-0.2, -0.15) is 0 Å². The number of ether oxygens (including phenoxy) is 2. The van der Waals surface area contributed by atoms with Crippen molar-refractivity contribution in [1.29, 1.82) is 0 Å². The van der Waals surface area contributed by atoms with Gasteiger partial charge in [-0.05, 0) is 42.3 Å². The van der Waals surface area contributed by atoms with Crippen LogP contribution < -0.4 is 9.47 Å². The zero-order chi connectivity index (χ0) is 14.8. The molecule has 4 heteroatoms. The van der Waals surface area contributed by atoms with Gasteiger partial charge in [-0.1, -0.05) is 12.1 Å². The van der Waals surface area contributed by atoms with Crippen molar-refractivity contribution in [3.8, 4) is 11.5 Å². The number of halogens is 1. The Morgan fingerprint density at radius 2 is 1.40 bits per heavy atom. The summed E-state index contributed by atoms with van der Waals surface area (Å²) >= 11 is 0. The third kappa shape index (κ3) is 2.75. The van der Waals surface area contributed by atoms with Gasteiger partial charge in [-0.3, -0.25) is 0 Å². The van der Waals surface area contributed by atoms with Crippen LogP contribution in [-0.4, -0.2) is 19.3 Å². The molecule has 1 unspecified atom stereocenters. The van der Waals surface area contributed by atoms with Crippen LogP contribution in [0.25, 0.3) is 0 Å². The molecule has 0 aliphatic carbocycles. The highest BCUT2D eigenvalue weighted by Gasteiger charge is 2.27. The average molecular weight is 276 g/mol. The van der Waals surface area contributed by atoms with Gasteiger partial charge in [0, 0.05) is 6.07 Å². The van der Waals surface area contributed by atoms with Gasteiger partial charge in [0.15, 0.2) is 0 Å². The third-order valence-corrected chi connectivity index (χ3v) is 3.32. The number of rotatable bonds is 4. The zero-order valence-corrected chi connectivity index (χ0v) is 11.7. The van der Waals surface area contributed by atoms with Crippen LogP contribution >= 0.6 is 0 Å². The standard InChI is InChI=1S/C16H17FO3/c1-16(18,11-4-6-13(17)7-5-11)12-8-14(19-2)10-15(9-12)20-3/h4-10,18H,1-3H3. The summed E-state index contributed by atoms with van der Waals surface area (Å²) < 4.78 is 23.4. The molecule has 0 saturated carbocycles. The fourth-order valence-electron chi connectivity index (χ4n) is 2.03. The lowest BCUT2D eigenvalue weighted by Gasteiger charge is -2.25. The van der Waals surface area contributed by atoms with E-state index in [4.69, 9.17) is 9.47 Å². The van der Waals surface area contributed by atoms with Crippen LogP contribution in [-0.2, 0) is 5.60 Å². The van der Waals surface area contributed by atoms with Crippen molar-refractivity contribution in [2.75, 3.05) is 14.2 Å². The van der Waals surface area contributed by atoms with Gasteiger partial charge in [0.25, 0.3) is 0 Å². The molecule has 106 valence electrons. The average Bonchev–Trinajstić information content (AvgIpc) is 2.47. The molecule has 0 aliphatic rings. The molecule has 0 aliphatic heterocycles. The summed E-state index contributed by atoms with van der Waals surface area (Å²) in [5, 5.41) is 10.8. The first kappa shape index (κ1) is 14.3. The van der Waals surface area contributed by atoms with E-state index in [0.717, 1.165) is 0 Å². The Morgan fingerprint density at radius 3 is 1.85 bits per heavy atom. The smallest absolute Gasteiger partial charge is 0.123 e. The fraction of sp³-hybridized carbons (Fsp3) is 0.250. The van der Waals surface area contributed by atoms with Gasteiger partial charge in [0.1, 0.15) is 22.9 Å². The summed E-state index contributed by atoms with van der Waals surface area (Å²) in [7, 11) is 3.09. The molecule has 0 radical (unpaired) electrons. The maximum atomic E-state index is 13.0. The second-order valence-corrected chi connectivity index (χ2v) is 4.68. The van der Waals surface area contributed by atoms with Gasteiger partial charge < -0.3 is 14.6 Å². The van der Waals surface area contributed by atoms with Crippen LogP contribution in [0.2, 0.25) is 0 Å². The summed E-state index contributed by atoms with van der Waals surface area (Å²) in [4.78, 5) is 0. The van der Waals surface area contributed by atoms with E-state index in [1.807, 2.05) is 0 Å².